The molecule has 0 radical (unpaired) electrons. The van der Waals surface area contributed by atoms with Gasteiger partial charge in [-0.25, -0.2) is 0 Å². The van der Waals surface area contributed by atoms with Crippen molar-refractivity contribution in [3.63, 3.8) is 0 Å². The molecule has 2 aromatic carbocycles. The Morgan fingerprint density at radius 1 is 0.783 bits per heavy atom. The first kappa shape index (κ1) is 23.5. The molecular weight excluding hydrogens is 332 g/mol. The first-order valence-corrected chi connectivity index (χ1v) is 6.70. The molecule has 0 aliphatic heterocycles. The van der Waals surface area contributed by atoms with Gasteiger partial charge in [0.05, 0.1) is 0 Å². The summed E-state index contributed by atoms with van der Waals surface area (Å²) < 4.78 is 22.5. The maximum atomic E-state index is 10.0. The standard InChI is InChI=1S/C15H16O.3CO.Cr/c16-15-10-11-6-2-1-3-7-12(11)13-8-4-5-9-14(13)15;3*1-2;/h4-5,8-10,16H,1-3,6-7H2;;;;. The van der Waals surface area contributed by atoms with Crippen molar-refractivity contribution in [1.82, 2.24) is 0 Å². The zero-order valence-corrected chi connectivity index (χ0v) is 13.8. The third-order valence-electron chi connectivity index (χ3n) is 3.60. The van der Waals surface area contributed by atoms with E-state index in [0.29, 0.717) is 5.75 Å². The van der Waals surface area contributed by atoms with Crippen LogP contribution in [0.15, 0.2) is 30.3 Å². The largest absolute Gasteiger partial charge is 0 e. The molecule has 0 atom stereocenters. The van der Waals surface area contributed by atoms with E-state index in [9.17, 15) is 5.11 Å². The number of benzene rings is 2. The SMILES string of the molecule is Oc1cc2c(c3ccccc13)CCCCC2.[C-]#[O+].[C-]#[O+].[C-]#[O+].[Cr]. The number of phenolic OH excluding ortho intramolecular Hbond substituents is 1. The van der Waals surface area contributed by atoms with Gasteiger partial charge in [-0.2, -0.15) is 0 Å². The van der Waals surface area contributed by atoms with Crippen molar-refractivity contribution < 1.29 is 36.4 Å². The Labute approximate surface area is 146 Å². The smallest absolute Gasteiger partial charge is 0 e. The molecule has 0 spiro atoms. The van der Waals surface area contributed by atoms with Crippen LogP contribution in [-0.2, 0) is 44.2 Å². The maximum absolute atomic E-state index is 10.0. The fourth-order valence-corrected chi connectivity index (χ4v) is 2.78. The van der Waals surface area contributed by atoms with E-state index >= 15 is 0 Å². The second-order valence-corrected chi connectivity index (χ2v) is 4.64. The average molecular weight is 348 g/mol. The molecule has 4 nitrogen and oxygen atoms in total. The summed E-state index contributed by atoms with van der Waals surface area (Å²) in [5.41, 5.74) is 2.82. The van der Waals surface area contributed by atoms with Crippen LogP contribution in [0.4, 0.5) is 0 Å². The number of aromatic hydroxyl groups is 1. The molecule has 0 heterocycles. The van der Waals surface area contributed by atoms with Crippen LogP contribution in [0.3, 0.4) is 0 Å². The Morgan fingerprint density at radius 2 is 1.30 bits per heavy atom. The summed E-state index contributed by atoms with van der Waals surface area (Å²) in [4.78, 5) is 0. The fourth-order valence-electron chi connectivity index (χ4n) is 2.78. The topological polar surface area (TPSA) is 79.9 Å². The molecule has 2 aromatic rings. The maximum Gasteiger partial charge on any atom is 0 e. The van der Waals surface area contributed by atoms with E-state index in [-0.39, 0.29) is 17.4 Å². The van der Waals surface area contributed by atoms with Crippen molar-refractivity contribution in [2.45, 2.75) is 32.1 Å². The van der Waals surface area contributed by atoms with Crippen LogP contribution in [0.5, 0.6) is 5.75 Å². The summed E-state index contributed by atoms with van der Waals surface area (Å²) in [6, 6.07) is 10.2. The number of rotatable bonds is 0. The zero-order chi connectivity index (χ0) is 17.0. The molecule has 0 fully saturated rings. The molecular formula is C18H16CrO4. The van der Waals surface area contributed by atoms with Gasteiger partial charge in [0.15, 0.2) is 0 Å². The molecule has 0 saturated carbocycles. The Kier molecular flexibility index (Phi) is 14.2. The quantitative estimate of drug-likeness (QED) is 0.440. The van der Waals surface area contributed by atoms with E-state index < -0.39 is 0 Å². The second kappa shape index (κ2) is 13.9. The summed E-state index contributed by atoms with van der Waals surface area (Å²) in [6.07, 6.45) is 6.13. The number of hydrogen-bond donors (Lipinski definition) is 1. The number of phenols is 1. The fraction of sp³-hybridized carbons (Fsp3) is 0.278. The van der Waals surface area contributed by atoms with E-state index in [2.05, 4.69) is 32.1 Å². The van der Waals surface area contributed by atoms with Gasteiger partial charge in [-0.05, 0) is 48.3 Å². The minimum absolute atomic E-state index is 0. The normalized spacial score (nSPS) is 11.2. The molecule has 0 saturated heterocycles. The monoisotopic (exact) mass is 348 g/mol. The van der Waals surface area contributed by atoms with Gasteiger partial charge in [0.2, 0.25) is 0 Å². The summed E-state index contributed by atoms with van der Waals surface area (Å²) in [7, 11) is 0. The minimum Gasteiger partial charge on any atom is 0 e. The van der Waals surface area contributed by atoms with E-state index in [1.54, 1.807) is 0 Å². The van der Waals surface area contributed by atoms with Crippen molar-refractivity contribution in [2.75, 3.05) is 0 Å². The molecule has 1 aliphatic rings. The molecule has 3 rings (SSSR count). The number of aryl methyl sites for hydroxylation is 2. The van der Waals surface area contributed by atoms with Gasteiger partial charge in [0.25, 0.3) is 0 Å². The van der Waals surface area contributed by atoms with Crippen molar-refractivity contribution in [1.29, 1.82) is 0 Å². The molecule has 0 aromatic heterocycles. The molecule has 0 bridgehead atoms. The van der Waals surface area contributed by atoms with Gasteiger partial charge >= 0.3 is 33.9 Å². The third-order valence-corrected chi connectivity index (χ3v) is 3.60. The number of hydrogen-bond acceptors (Lipinski definition) is 1. The third kappa shape index (κ3) is 6.10. The van der Waals surface area contributed by atoms with Gasteiger partial charge in [0, 0.05) is 22.7 Å². The Morgan fingerprint density at radius 3 is 1.91 bits per heavy atom. The number of fused-ring (bicyclic) bond motifs is 3. The Balaban J connectivity index is 0. The molecule has 1 N–H and O–H groups in total. The zero-order valence-electron chi connectivity index (χ0n) is 12.5. The van der Waals surface area contributed by atoms with Crippen LogP contribution in [0.1, 0.15) is 30.4 Å². The second-order valence-electron chi connectivity index (χ2n) is 4.64. The van der Waals surface area contributed by atoms with Crippen molar-refractivity contribution in [3.8, 4) is 5.75 Å². The molecule has 1 aliphatic carbocycles. The van der Waals surface area contributed by atoms with Crippen molar-refractivity contribution in [2.24, 2.45) is 0 Å². The summed E-state index contributed by atoms with van der Waals surface area (Å²) in [5.74, 6) is 0.441. The summed E-state index contributed by atoms with van der Waals surface area (Å²) in [5, 5.41) is 12.3. The van der Waals surface area contributed by atoms with Crippen LogP contribution in [0, 0.1) is 20.0 Å². The predicted octanol–water partition coefficient (Wildman–Crippen LogP) is 3.70. The summed E-state index contributed by atoms with van der Waals surface area (Å²) >= 11 is 0. The first-order valence-electron chi connectivity index (χ1n) is 6.70. The molecule has 5 heteroatoms. The van der Waals surface area contributed by atoms with E-state index in [1.165, 1.54) is 35.8 Å². The van der Waals surface area contributed by atoms with Crippen LogP contribution < -0.4 is 0 Å². The molecule has 23 heavy (non-hydrogen) atoms. The molecule has 0 unspecified atom stereocenters. The van der Waals surface area contributed by atoms with Crippen molar-refractivity contribution in [3.05, 3.63) is 61.4 Å². The van der Waals surface area contributed by atoms with Gasteiger partial charge in [-0.3, -0.25) is 0 Å². The minimum atomic E-state index is 0. The average Bonchev–Trinajstić information content (AvgIpc) is 2.86. The van der Waals surface area contributed by atoms with Crippen molar-refractivity contribution >= 4 is 10.8 Å². The molecule has 0 amide bonds. The van der Waals surface area contributed by atoms with Crippen LogP contribution >= 0.6 is 0 Å². The van der Waals surface area contributed by atoms with Gasteiger partial charge in [-0.1, -0.05) is 30.7 Å². The Bertz CT molecular complexity index is 645. The van der Waals surface area contributed by atoms with Crippen LogP contribution in [0.2, 0.25) is 0 Å². The molecule has 118 valence electrons. The van der Waals surface area contributed by atoms with Crippen LogP contribution in [-0.4, -0.2) is 5.11 Å². The Hall–Kier alpha value is -1.75. The van der Waals surface area contributed by atoms with E-state index in [4.69, 9.17) is 14.0 Å². The van der Waals surface area contributed by atoms with E-state index in [0.717, 1.165) is 18.2 Å². The van der Waals surface area contributed by atoms with E-state index in [1.807, 2.05) is 18.2 Å². The predicted molar refractivity (Wildman–Crippen MR) is 78.7 cm³/mol. The van der Waals surface area contributed by atoms with Crippen LogP contribution in [0.25, 0.3) is 10.8 Å². The van der Waals surface area contributed by atoms with Gasteiger partial charge < -0.3 is 5.11 Å². The van der Waals surface area contributed by atoms with Gasteiger partial charge in [0.1, 0.15) is 5.75 Å². The van der Waals surface area contributed by atoms with Gasteiger partial charge in [-0.15, -0.1) is 0 Å². The first-order chi connectivity index (χ1) is 10.9. The summed E-state index contributed by atoms with van der Waals surface area (Å²) in [6.45, 7) is 13.5.